The van der Waals surface area contributed by atoms with Crippen LogP contribution in [-0.2, 0) is 6.18 Å². The number of carbonyl (C=O) groups excluding carboxylic acids is 1. The number of nitrogens with zero attached hydrogens (tertiary/aromatic N) is 3. The molecule has 0 unspecified atom stereocenters. The molecule has 9 heteroatoms. The molecule has 0 radical (unpaired) electrons. The van der Waals surface area contributed by atoms with Crippen LogP contribution in [0.1, 0.15) is 36.5 Å². The number of halogens is 3. The van der Waals surface area contributed by atoms with Gasteiger partial charge in [0.1, 0.15) is 5.69 Å². The van der Waals surface area contributed by atoms with Crippen molar-refractivity contribution >= 4 is 11.6 Å². The number of aromatic nitrogens is 3. The van der Waals surface area contributed by atoms with E-state index in [1.807, 2.05) is 6.92 Å². The van der Waals surface area contributed by atoms with Crippen molar-refractivity contribution in [1.82, 2.24) is 19.9 Å². The van der Waals surface area contributed by atoms with Crippen LogP contribution in [0.25, 0.3) is 17.1 Å². The fraction of sp³-hybridized carbons (Fsp3) is 0.312. The lowest BCUT2D eigenvalue weighted by Gasteiger charge is -2.10. The Bertz CT molecular complexity index is 900. The van der Waals surface area contributed by atoms with Gasteiger partial charge in [0, 0.05) is 12.1 Å². The van der Waals surface area contributed by atoms with Crippen molar-refractivity contribution in [1.29, 1.82) is 0 Å². The van der Waals surface area contributed by atoms with Gasteiger partial charge in [0.25, 0.3) is 5.91 Å². The third-order valence-corrected chi connectivity index (χ3v) is 3.71. The normalized spacial score (nSPS) is 13.2. The Balaban J connectivity index is 2.12. The molecule has 0 aliphatic carbocycles. The maximum absolute atomic E-state index is 13.4. The second-order valence-electron chi connectivity index (χ2n) is 5.58. The van der Waals surface area contributed by atoms with Crippen molar-refractivity contribution in [2.75, 3.05) is 0 Å². The predicted molar refractivity (Wildman–Crippen MR) is 82.9 cm³/mol. The molecule has 132 valence electrons. The number of hydrogen-bond donors (Lipinski definition) is 1. The lowest BCUT2D eigenvalue weighted by molar-refractivity contribution is -0.142. The SMILES string of the molecule is CC[C@H](C)NC(=O)c1cc2nc(-c3ccco3)cc(C(F)(F)F)n2n1. The molecule has 3 aromatic rings. The number of amides is 1. The molecular weight excluding hydrogens is 337 g/mol. The summed E-state index contributed by atoms with van der Waals surface area (Å²) in [5.74, 6) is -0.354. The summed E-state index contributed by atoms with van der Waals surface area (Å²) in [6.45, 7) is 3.68. The summed E-state index contributed by atoms with van der Waals surface area (Å²) >= 11 is 0. The first-order valence-corrected chi connectivity index (χ1v) is 7.62. The molecule has 3 rings (SSSR count). The second kappa shape index (κ2) is 6.23. The van der Waals surface area contributed by atoms with Crippen molar-refractivity contribution in [2.24, 2.45) is 0 Å². The average molecular weight is 352 g/mol. The molecule has 25 heavy (non-hydrogen) atoms. The van der Waals surface area contributed by atoms with Crippen molar-refractivity contribution in [3.05, 3.63) is 41.9 Å². The van der Waals surface area contributed by atoms with Crippen LogP contribution in [0, 0.1) is 0 Å². The largest absolute Gasteiger partial charge is 0.463 e. The summed E-state index contributed by atoms with van der Waals surface area (Å²) in [5.41, 5.74) is -1.24. The van der Waals surface area contributed by atoms with Gasteiger partial charge in [0.15, 0.2) is 22.8 Å². The standard InChI is InChI=1S/C16H15F3N4O2/c1-3-9(2)20-15(24)11-8-14-21-10(12-5-4-6-25-12)7-13(16(17,18)19)23(14)22-11/h4-9H,3H2,1-2H3,(H,20,24)/t9-/m0/s1. The third kappa shape index (κ3) is 3.35. The van der Waals surface area contributed by atoms with Gasteiger partial charge in [0.2, 0.25) is 0 Å². The molecule has 0 aliphatic heterocycles. The summed E-state index contributed by atoms with van der Waals surface area (Å²) in [4.78, 5) is 16.3. The Morgan fingerprint density at radius 2 is 2.16 bits per heavy atom. The van der Waals surface area contributed by atoms with Crippen LogP contribution < -0.4 is 5.32 Å². The van der Waals surface area contributed by atoms with Gasteiger partial charge in [-0.25, -0.2) is 9.50 Å². The van der Waals surface area contributed by atoms with E-state index in [4.69, 9.17) is 4.42 Å². The summed E-state index contributed by atoms with van der Waals surface area (Å²) < 4.78 is 45.9. The third-order valence-electron chi connectivity index (χ3n) is 3.71. The topological polar surface area (TPSA) is 72.4 Å². The van der Waals surface area contributed by atoms with Gasteiger partial charge in [-0.1, -0.05) is 6.92 Å². The van der Waals surface area contributed by atoms with Gasteiger partial charge in [-0.2, -0.15) is 18.3 Å². The second-order valence-corrected chi connectivity index (χ2v) is 5.58. The van der Waals surface area contributed by atoms with Gasteiger partial charge in [-0.3, -0.25) is 4.79 Å². The van der Waals surface area contributed by atoms with E-state index >= 15 is 0 Å². The van der Waals surface area contributed by atoms with Crippen LogP contribution >= 0.6 is 0 Å². The summed E-state index contributed by atoms with van der Waals surface area (Å²) in [6, 6.07) is 5.00. The number of furan rings is 1. The van der Waals surface area contributed by atoms with E-state index in [1.165, 1.54) is 18.4 Å². The highest BCUT2D eigenvalue weighted by molar-refractivity contribution is 5.93. The molecule has 0 aliphatic rings. The highest BCUT2D eigenvalue weighted by Gasteiger charge is 2.36. The minimum atomic E-state index is -4.67. The van der Waals surface area contributed by atoms with E-state index in [0.29, 0.717) is 10.9 Å². The van der Waals surface area contributed by atoms with E-state index < -0.39 is 17.8 Å². The summed E-state index contributed by atoms with van der Waals surface area (Å²) in [5, 5.41) is 6.45. The van der Waals surface area contributed by atoms with Crippen LogP contribution in [0.3, 0.4) is 0 Å². The zero-order valence-corrected chi connectivity index (χ0v) is 13.5. The van der Waals surface area contributed by atoms with Crippen molar-refractivity contribution in [3.8, 4) is 11.5 Å². The fourth-order valence-electron chi connectivity index (χ4n) is 2.24. The first-order valence-electron chi connectivity index (χ1n) is 7.62. The van der Waals surface area contributed by atoms with E-state index in [9.17, 15) is 18.0 Å². The Morgan fingerprint density at radius 1 is 1.40 bits per heavy atom. The zero-order valence-electron chi connectivity index (χ0n) is 13.5. The molecule has 6 nitrogen and oxygen atoms in total. The molecule has 0 spiro atoms. The van der Waals surface area contributed by atoms with Crippen molar-refractivity contribution < 1.29 is 22.4 Å². The number of nitrogens with one attached hydrogen (secondary N) is 1. The van der Waals surface area contributed by atoms with Crippen LogP contribution in [0.5, 0.6) is 0 Å². The Hall–Kier alpha value is -2.84. The molecule has 0 bridgehead atoms. The first-order chi connectivity index (χ1) is 11.8. The zero-order chi connectivity index (χ0) is 18.2. The number of hydrogen-bond acceptors (Lipinski definition) is 4. The highest BCUT2D eigenvalue weighted by atomic mass is 19.4. The Labute approximate surface area is 140 Å². The molecule has 1 amide bonds. The number of fused-ring (bicyclic) bond motifs is 1. The van der Waals surface area contributed by atoms with Crippen molar-refractivity contribution in [3.63, 3.8) is 0 Å². The summed E-state index contributed by atoms with van der Waals surface area (Å²) in [7, 11) is 0. The van der Waals surface area contributed by atoms with Crippen molar-refractivity contribution in [2.45, 2.75) is 32.5 Å². The van der Waals surface area contributed by atoms with Gasteiger partial charge < -0.3 is 9.73 Å². The summed E-state index contributed by atoms with van der Waals surface area (Å²) in [6.07, 6.45) is -2.64. The molecular formula is C16H15F3N4O2. The molecule has 1 atom stereocenters. The predicted octanol–water partition coefficient (Wildman–Crippen LogP) is 3.54. The Morgan fingerprint density at radius 3 is 2.76 bits per heavy atom. The smallest absolute Gasteiger partial charge is 0.433 e. The van der Waals surface area contributed by atoms with Crippen LogP contribution in [0.15, 0.2) is 34.9 Å². The maximum atomic E-state index is 13.4. The van der Waals surface area contributed by atoms with Gasteiger partial charge in [-0.05, 0) is 31.5 Å². The average Bonchev–Trinajstić information content (AvgIpc) is 3.21. The van der Waals surface area contributed by atoms with E-state index in [2.05, 4.69) is 15.4 Å². The minimum Gasteiger partial charge on any atom is -0.463 e. The van der Waals surface area contributed by atoms with Crippen LogP contribution in [0.2, 0.25) is 0 Å². The van der Waals surface area contributed by atoms with Gasteiger partial charge >= 0.3 is 6.18 Å². The monoisotopic (exact) mass is 352 g/mol. The number of alkyl halides is 3. The fourth-order valence-corrected chi connectivity index (χ4v) is 2.24. The minimum absolute atomic E-state index is 0.0126. The van der Waals surface area contributed by atoms with Gasteiger partial charge in [-0.15, -0.1) is 0 Å². The van der Waals surface area contributed by atoms with Crippen LogP contribution in [-0.4, -0.2) is 26.5 Å². The van der Waals surface area contributed by atoms with E-state index in [1.54, 1.807) is 13.0 Å². The first kappa shape index (κ1) is 17.0. The molecule has 0 aromatic carbocycles. The van der Waals surface area contributed by atoms with Gasteiger partial charge in [0.05, 0.1) is 6.26 Å². The quantitative estimate of drug-likeness (QED) is 0.780. The molecule has 1 N–H and O–H groups in total. The molecule has 3 heterocycles. The maximum Gasteiger partial charge on any atom is 0.433 e. The lowest BCUT2D eigenvalue weighted by atomic mass is 10.2. The Kier molecular flexibility index (Phi) is 4.23. The van der Waals surface area contributed by atoms with E-state index in [-0.39, 0.29) is 28.8 Å². The molecule has 3 aromatic heterocycles. The number of rotatable bonds is 4. The molecule has 0 saturated heterocycles. The highest BCUT2D eigenvalue weighted by Crippen LogP contribution is 2.32. The van der Waals surface area contributed by atoms with E-state index in [0.717, 1.165) is 6.07 Å². The number of carbonyl (C=O) groups is 1. The van der Waals surface area contributed by atoms with Crippen LogP contribution in [0.4, 0.5) is 13.2 Å². The molecule has 0 saturated carbocycles. The lowest BCUT2D eigenvalue weighted by Crippen LogP contribution is -2.32. The molecule has 0 fully saturated rings.